The molecule has 24 heavy (non-hydrogen) atoms. The summed E-state index contributed by atoms with van der Waals surface area (Å²) in [6.07, 6.45) is 5.13. The zero-order valence-corrected chi connectivity index (χ0v) is 14.5. The van der Waals surface area contributed by atoms with Gasteiger partial charge >= 0.3 is 0 Å². The summed E-state index contributed by atoms with van der Waals surface area (Å²) >= 11 is 1.43. The normalized spacial score (nSPS) is 19.9. The van der Waals surface area contributed by atoms with Gasteiger partial charge in [0.15, 0.2) is 9.84 Å². The first-order valence-corrected chi connectivity index (χ1v) is 10.5. The fourth-order valence-corrected chi connectivity index (χ4v) is 5.38. The van der Waals surface area contributed by atoms with E-state index >= 15 is 0 Å². The molecule has 9 heteroatoms. The van der Waals surface area contributed by atoms with Crippen LogP contribution in [0.2, 0.25) is 0 Å². The Morgan fingerprint density at radius 1 is 1.33 bits per heavy atom. The quantitative estimate of drug-likeness (QED) is 0.639. The van der Waals surface area contributed by atoms with Crippen LogP contribution in [0.4, 0.5) is 0 Å². The molecule has 3 aromatic rings. The van der Waals surface area contributed by atoms with E-state index in [1.807, 2.05) is 35.0 Å². The minimum absolute atomic E-state index is 0.0896. The Morgan fingerprint density at radius 3 is 3.04 bits per heavy atom. The molecule has 0 saturated carbocycles. The molecular formula is C15H16N4O3S2. The van der Waals surface area contributed by atoms with Crippen LogP contribution in [-0.4, -0.2) is 39.5 Å². The van der Waals surface area contributed by atoms with E-state index in [4.69, 9.17) is 4.42 Å². The van der Waals surface area contributed by atoms with E-state index in [1.54, 1.807) is 0 Å². The Balaban J connectivity index is 1.37. The molecule has 0 amide bonds. The lowest BCUT2D eigenvalue weighted by Gasteiger charge is -2.01. The van der Waals surface area contributed by atoms with Crippen LogP contribution in [0.1, 0.15) is 18.0 Å². The summed E-state index contributed by atoms with van der Waals surface area (Å²) in [5.41, 5.74) is 1.84. The fraction of sp³-hybridized carbons (Fsp3) is 0.400. The molecule has 1 aliphatic rings. The third-order valence-electron chi connectivity index (χ3n) is 4.00. The van der Waals surface area contributed by atoms with Crippen molar-refractivity contribution in [3.63, 3.8) is 0 Å². The summed E-state index contributed by atoms with van der Waals surface area (Å²) in [6.45, 7) is 0. The van der Waals surface area contributed by atoms with Gasteiger partial charge in [-0.3, -0.25) is 0 Å². The van der Waals surface area contributed by atoms with E-state index in [0.29, 0.717) is 29.7 Å². The largest absolute Gasteiger partial charge is 0.416 e. The van der Waals surface area contributed by atoms with Crippen molar-refractivity contribution >= 4 is 27.2 Å². The van der Waals surface area contributed by atoms with Gasteiger partial charge in [-0.25, -0.2) is 13.4 Å². The Bertz CT molecular complexity index is 931. The number of sulfone groups is 1. The molecule has 1 fully saturated rings. The summed E-state index contributed by atoms with van der Waals surface area (Å²) < 4.78 is 30.6. The van der Waals surface area contributed by atoms with E-state index < -0.39 is 9.84 Å². The molecule has 0 N–H and O–H groups in total. The number of fused-ring (bicyclic) bond motifs is 1. The molecule has 0 bridgehead atoms. The predicted molar refractivity (Wildman–Crippen MR) is 89.5 cm³/mol. The van der Waals surface area contributed by atoms with Crippen LogP contribution >= 0.6 is 11.8 Å². The lowest BCUT2D eigenvalue weighted by Crippen LogP contribution is -2.07. The van der Waals surface area contributed by atoms with Gasteiger partial charge in [0.25, 0.3) is 5.22 Å². The van der Waals surface area contributed by atoms with Crippen LogP contribution in [0.15, 0.2) is 40.2 Å². The topological polar surface area (TPSA) is 90.4 Å². The summed E-state index contributed by atoms with van der Waals surface area (Å²) in [7, 11) is -2.87. The molecule has 0 aliphatic carbocycles. The molecule has 7 nitrogen and oxygen atoms in total. The molecule has 0 unspecified atom stereocenters. The molecule has 1 saturated heterocycles. The SMILES string of the molecule is O=S1(=O)CC[C@@H](Cc2nnc(SCc3cn4ccccc4n3)o2)C1. The zero-order chi connectivity index (χ0) is 16.6. The average molecular weight is 364 g/mol. The highest BCUT2D eigenvalue weighted by molar-refractivity contribution is 7.98. The van der Waals surface area contributed by atoms with Crippen LogP contribution in [-0.2, 0) is 22.0 Å². The third kappa shape index (κ3) is 3.46. The Kier molecular flexibility index (Phi) is 4.05. The molecule has 126 valence electrons. The molecule has 0 radical (unpaired) electrons. The van der Waals surface area contributed by atoms with Crippen LogP contribution in [0.25, 0.3) is 5.65 Å². The van der Waals surface area contributed by atoms with Gasteiger partial charge in [0.05, 0.1) is 17.2 Å². The van der Waals surface area contributed by atoms with Crippen molar-refractivity contribution in [2.75, 3.05) is 11.5 Å². The second-order valence-corrected chi connectivity index (χ2v) is 9.08. The maximum atomic E-state index is 11.5. The van der Waals surface area contributed by atoms with Crippen molar-refractivity contribution in [3.05, 3.63) is 42.2 Å². The average Bonchev–Trinajstić information content (AvgIpc) is 3.24. The highest BCUT2D eigenvalue weighted by Gasteiger charge is 2.29. The minimum Gasteiger partial charge on any atom is -0.416 e. The van der Waals surface area contributed by atoms with Gasteiger partial charge in [0.1, 0.15) is 5.65 Å². The van der Waals surface area contributed by atoms with Crippen molar-refractivity contribution in [1.82, 2.24) is 19.6 Å². The summed E-state index contributed by atoms with van der Waals surface area (Å²) in [4.78, 5) is 4.52. The van der Waals surface area contributed by atoms with Crippen molar-refractivity contribution in [2.24, 2.45) is 5.92 Å². The number of hydrogen-bond donors (Lipinski definition) is 0. The van der Waals surface area contributed by atoms with Crippen molar-refractivity contribution in [2.45, 2.75) is 23.8 Å². The number of rotatable bonds is 5. The number of aromatic nitrogens is 4. The smallest absolute Gasteiger partial charge is 0.276 e. The van der Waals surface area contributed by atoms with Gasteiger partial charge in [-0.05, 0) is 24.5 Å². The number of imidazole rings is 1. The highest BCUT2D eigenvalue weighted by Crippen LogP contribution is 2.25. The molecule has 1 aliphatic heterocycles. The molecule has 0 aromatic carbocycles. The third-order valence-corrected chi connectivity index (χ3v) is 6.68. The maximum Gasteiger partial charge on any atom is 0.276 e. The number of thioether (sulfide) groups is 1. The first kappa shape index (κ1) is 15.6. The van der Waals surface area contributed by atoms with Crippen LogP contribution in [0, 0.1) is 5.92 Å². The molecule has 3 aromatic heterocycles. The Morgan fingerprint density at radius 2 is 2.25 bits per heavy atom. The molecule has 4 heterocycles. The standard InChI is InChI=1S/C15H16N4O3S2/c20-24(21)6-4-11(10-24)7-14-17-18-15(22-14)23-9-12-8-19-5-2-1-3-13(19)16-12/h1-3,5,8,11H,4,6-7,9-10H2/t11-/m0/s1. The van der Waals surface area contributed by atoms with Crippen molar-refractivity contribution < 1.29 is 12.8 Å². The van der Waals surface area contributed by atoms with E-state index in [0.717, 1.165) is 11.3 Å². The molecule has 1 atom stereocenters. The zero-order valence-electron chi connectivity index (χ0n) is 12.8. The van der Waals surface area contributed by atoms with Crippen LogP contribution in [0.5, 0.6) is 0 Å². The first-order chi connectivity index (χ1) is 11.6. The fourth-order valence-electron chi connectivity index (χ4n) is 2.85. The van der Waals surface area contributed by atoms with Gasteiger partial charge < -0.3 is 8.82 Å². The second-order valence-electron chi connectivity index (χ2n) is 5.92. The predicted octanol–water partition coefficient (Wildman–Crippen LogP) is 1.99. The van der Waals surface area contributed by atoms with E-state index in [1.165, 1.54) is 11.8 Å². The number of nitrogens with zero attached hydrogens (tertiary/aromatic N) is 4. The summed E-state index contributed by atoms with van der Waals surface area (Å²) in [6, 6.07) is 5.86. The van der Waals surface area contributed by atoms with E-state index in [2.05, 4.69) is 15.2 Å². The second kappa shape index (κ2) is 6.21. The van der Waals surface area contributed by atoms with Gasteiger partial charge in [-0.15, -0.1) is 10.2 Å². The van der Waals surface area contributed by atoms with Crippen LogP contribution in [0.3, 0.4) is 0 Å². The summed E-state index contributed by atoms with van der Waals surface area (Å²) in [5.74, 6) is 1.72. The van der Waals surface area contributed by atoms with Crippen molar-refractivity contribution in [1.29, 1.82) is 0 Å². The number of hydrogen-bond acceptors (Lipinski definition) is 7. The van der Waals surface area contributed by atoms with E-state index in [9.17, 15) is 8.42 Å². The summed E-state index contributed by atoms with van der Waals surface area (Å²) in [5, 5.41) is 8.54. The lowest BCUT2D eigenvalue weighted by atomic mass is 10.1. The monoisotopic (exact) mass is 364 g/mol. The Labute approximate surface area is 143 Å². The van der Waals surface area contributed by atoms with Crippen LogP contribution < -0.4 is 0 Å². The van der Waals surface area contributed by atoms with Crippen molar-refractivity contribution in [3.8, 4) is 0 Å². The Hall–Kier alpha value is -1.87. The molecular weight excluding hydrogens is 348 g/mol. The number of pyridine rings is 1. The lowest BCUT2D eigenvalue weighted by molar-refractivity contribution is 0.389. The van der Waals surface area contributed by atoms with Gasteiger partial charge in [-0.2, -0.15) is 0 Å². The van der Waals surface area contributed by atoms with Gasteiger partial charge in [-0.1, -0.05) is 17.8 Å². The van der Waals surface area contributed by atoms with Gasteiger partial charge in [0, 0.05) is 24.6 Å². The molecule has 4 rings (SSSR count). The molecule has 0 spiro atoms. The first-order valence-electron chi connectivity index (χ1n) is 7.66. The highest BCUT2D eigenvalue weighted by atomic mass is 32.2. The van der Waals surface area contributed by atoms with E-state index in [-0.39, 0.29) is 17.4 Å². The minimum atomic E-state index is -2.87. The van der Waals surface area contributed by atoms with Gasteiger partial charge in [0.2, 0.25) is 5.89 Å². The maximum absolute atomic E-state index is 11.5.